The Morgan fingerprint density at radius 3 is 2.95 bits per heavy atom. The molecule has 1 spiro atoms. The van der Waals surface area contributed by atoms with Gasteiger partial charge >= 0.3 is 0 Å². The number of nitrogens with zero attached hydrogens (tertiary/aromatic N) is 3. The van der Waals surface area contributed by atoms with Crippen molar-refractivity contribution in [2.75, 3.05) is 38.2 Å². The Hall–Kier alpha value is -1.88. The molecule has 21 heavy (non-hydrogen) atoms. The largest absolute Gasteiger partial charge is 0.479 e. The lowest BCUT2D eigenvalue weighted by molar-refractivity contribution is 0.369. The highest BCUT2D eigenvalue weighted by Gasteiger charge is 2.40. The zero-order valence-electron chi connectivity index (χ0n) is 12.3. The molecule has 110 valence electrons. The smallest absolute Gasteiger partial charge is 0.240 e. The van der Waals surface area contributed by atoms with E-state index in [0.29, 0.717) is 11.3 Å². The van der Waals surface area contributed by atoms with Gasteiger partial charge in [-0.25, -0.2) is 4.98 Å². The second kappa shape index (κ2) is 4.84. The van der Waals surface area contributed by atoms with Crippen LogP contribution in [0.3, 0.4) is 0 Å². The van der Waals surface area contributed by atoms with Crippen LogP contribution in [0.4, 0.5) is 5.69 Å². The predicted octanol–water partition coefficient (Wildman–Crippen LogP) is 1.83. The molecule has 0 amide bonds. The maximum atomic E-state index is 5.34. The average Bonchev–Trinajstić information content (AvgIpc) is 3.16. The highest BCUT2D eigenvalue weighted by atomic mass is 16.5. The van der Waals surface area contributed by atoms with Crippen molar-refractivity contribution in [1.82, 2.24) is 15.3 Å². The van der Waals surface area contributed by atoms with Crippen molar-refractivity contribution in [3.63, 3.8) is 0 Å². The average molecular weight is 284 g/mol. The lowest BCUT2D eigenvalue weighted by Crippen LogP contribution is -2.29. The summed E-state index contributed by atoms with van der Waals surface area (Å²) in [6.45, 7) is 4.55. The van der Waals surface area contributed by atoms with Gasteiger partial charge in [0.05, 0.1) is 7.11 Å². The predicted molar refractivity (Wildman–Crippen MR) is 82.8 cm³/mol. The van der Waals surface area contributed by atoms with E-state index < -0.39 is 0 Å². The minimum absolute atomic E-state index is 0.465. The number of hydrogen-bond donors (Lipinski definition) is 1. The van der Waals surface area contributed by atoms with E-state index in [1.165, 1.54) is 18.5 Å². The highest BCUT2D eigenvalue weighted by molar-refractivity contribution is 5.94. The van der Waals surface area contributed by atoms with Gasteiger partial charge in [0.25, 0.3) is 0 Å². The molecular formula is C16H20N4O. The first-order valence-electron chi connectivity index (χ1n) is 7.55. The molecule has 5 heteroatoms. The fourth-order valence-corrected chi connectivity index (χ4v) is 3.75. The number of aromatic nitrogens is 2. The summed E-state index contributed by atoms with van der Waals surface area (Å²) in [5.41, 5.74) is 2.57. The number of methoxy groups -OCH3 is 1. The number of rotatable bonds is 2. The van der Waals surface area contributed by atoms with Crippen LogP contribution < -0.4 is 15.0 Å². The number of nitrogens with one attached hydrogen (secondary N) is 1. The normalized spacial score (nSPS) is 25.1. The third-order valence-corrected chi connectivity index (χ3v) is 4.91. The van der Waals surface area contributed by atoms with Crippen LogP contribution in [-0.2, 0) is 0 Å². The Morgan fingerprint density at radius 2 is 2.14 bits per heavy atom. The monoisotopic (exact) mass is 284 g/mol. The summed E-state index contributed by atoms with van der Waals surface area (Å²) in [7, 11) is 1.64. The standard InChI is InChI=1S/C16H20N4O/c1-21-15-14-12(2-6-19-15)13(3-7-18-14)20-9-5-16(11-20)4-8-17-10-16/h2-3,6-7,17H,4-5,8-11H2,1H3. The third-order valence-electron chi connectivity index (χ3n) is 4.91. The molecule has 1 unspecified atom stereocenters. The van der Waals surface area contributed by atoms with E-state index in [4.69, 9.17) is 4.74 Å². The van der Waals surface area contributed by atoms with E-state index >= 15 is 0 Å². The van der Waals surface area contributed by atoms with Crippen molar-refractivity contribution in [2.24, 2.45) is 5.41 Å². The van der Waals surface area contributed by atoms with Crippen LogP contribution in [0.1, 0.15) is 12.8 Å². The topological polar surface area (TPSA) is 50.3 Å². The number of fused-ring (bicyclic) bond motifs is 1. The minimum atomic E-state index is 0.465. The van der Waals surface area contributed by atoms with Gasteiger partial charge in [-0.3, -0.25) is 4.98 Å². The van der Waals surface area contributed by atoms with E-state index in [2.05, 4.69) is 26.3 Å². The molecule has 2 aromatic heterocycles. The van der Waals surface area contributed by atoms with Crippen LogP contribution >= 0.6 is 0 Å². The molecule has 2 aromatic rings. The molecule has 0 aliphatic carbocycles. The van der Waals surface area contributed by atoms with Crippen LogP contribution in [0.5, 0.6) is 5.88 Å². The van der Waals surface area contributed by atoms with Crippen LogP contribution in [0.15, 0.2) is 24.5 Å². The van der Waals surface area contributed by atoms with Gasteiger partial charge in [-0.05, 0) is 31.5 Å². The molecule has 2 aliphatic heterocycles. The van der Waals surface area contributed by atoms with Crippen molar-refractivity contribution in [3.05, 3.63) is 24.5 Å². The Kier molecular flexibility index (Phi) is 2.96. The minimum Gasteiger partial charge on any atom is -0.479 e. The van der Waals surface area contributed by atoms with Gasteiger partial charge in [0, 0.05) is 48.5 Å². The Bertz CT molecular complexity index is 666. The maximum Gasteiger partial charge on any atom is 0.240 e. The van der Waals surface area contributed by atoms with Gasteiger partial charge in [-0.15, -0.1) is 0 Å². The molecule has 2 saturated heterocycles. The Balaban J connectivity index is 1.74. The van der Waals surface area contributed by atoms with Gasteiger partial charge in [0.15, 0.2) is 0 Å². The van der Waals surface area contributed by atoms with Gasteiger partial charge < -0.3 is 15.0 Å². The Morgan fingerprint density at radius 1 is 1.24 bits per heavy atom. The van der Waals surface area contributed by atoms with Crippen molar-refractivity contribution in [3.8, 4) is 5.88 Å². The summed E-state index contributed by atoms with van der Waals surface area (Å²) < 4.78 is 5.34. The van der Waals surface area contributed by atoms with Crippen LogP contribution in [-0.4, -0.2) is 43.3 Å². The molecule has 0 saturated carbocycles. The molecule has 2 aliphatic rings. The highest BCUT2D eigenvalue weighted by Crippen LogP contribution is 2.40. The summed E-state index contributed by atoms with van der Waals surface area (Å²) in [6, 6.07) is 4.15. The first kappa shape index (κ1) is 12.8. The Labute approximate surface area is 124 Å². The molecule has 4 rings (SSSR count). The van der Waals surface area contributed by atoms with E-state index in [9.17, 15) is 0 Å². The summed E-state index contributed by atoms with van der Waals surface area (Å²) in [5.74, 6) is 0.603. The number of pyridine rings is 2. The summed E-state index contributed by atoms with van der Waals surface area (Å²) in [4.78, 5) is 11.2. The van der Waals surface area contributed by atoms with Crippen LogP contribution in [0.25, 0.3) is 10.9 Å². The van der Waals surface area contributed by atoms with Crippen LogP contribution in [0.2, 0.25) is 0 Å². The fraction of sp³-hybridized carbons (Fsp3) is 0.500. The van der Waals surface area contributed by atoms with Crippen molar-refractivity contribution >= 4 is 16.6 Å². The van der Waals surface area contributed by atoms with Crippen molar-refractivity contribution < 1.29 is 4.74 Å². The van der Waals surface area contributed by atoms with E-state index in [0.717, 1.165) is 37.1 Å². The second-order valence-electron chi connectivity index (χ2n) is 6.14. The molecule has 1 atom stereocenters. The van der Waals surface area contributed by atoms with Crippen molar-refractivity contribution in [1.29, 1.82) is 0 Å². The van der Waals surface area contributed by atoms with E-state index in [1.807, 2.05) is 12.3 Å². The quantitative estimate of drug-likeness (QED) is 0.912. The third kappa shape index (κ3) is 2.03. The van der Waals surface area contributed by atoms with Gasteiger partial charge in [-0.1, -0.05) is 0 Å². The van der Waals surface area contributed by atoms with Gasteiger partial charge in [0.1, 0.15) is 5.52 Å². The zero-order chi connectivity index (χ0) is 14.3. The van der Waals surface area contributed by atoms with E-state index in [-0.39, 0.29) is 0 Å². The number of anilines is 1. The molecule has 1 N–H and O–H groups in total. The first-order chi connectivity index (χ1) is 10.3. The summed E-state index contributed by atoms with van der Waals surface area (Å²) in [6.07, 6.45) is 6.22. The molecule has 5 nitrogen and oxygen atoms in total. The molecule has 0 bridgehead atoms. The number of ether oxygens (including phenoxy) is 1. The first-order valence-corrected chi connectivity index (χ1v) is 7.55. The molecule has 0 radical (unpaired) electrons. The SMILES string of the molecule is COc1nccc2c(N3CCC4(CCNC4)C3)ccnc12. The lowest BCUT2D eigenvalue weighted by atomic mass is 9.86. The van der Waals surface area contributed by atoms with Crippen LogP contribution in [0, 0.1) is 5.41 Å². The van der Waals surface area contributed by atoms with Gasteiger partial charge in [-0.2, -0.15) is 0 Å². The maximum absolute atomic E-state index is 5.34. The fourth-order valence-electron chi connectivity index (χ4n) is 3.75. The number of hydrogen-bond acceptors (Lipinski definition) is 5. The molecule has 0 aromatic carbocycles. The molecule has 2 fully saturated rings. The molecular weight excluding hydrogens is 264 g/mol. The van der Waals surface area contributed by atoms with E-state index in [1.54, 1.807) is 13.3 Å². The van der Waals surface area contributed by atoms with Gasteiger partial charge in [0.2, 0.25) is 5.88 Å². The summed E-state index contributed by atoms with van der Waals surface area (Å²) in [5, 5.41) is 4.65. The second-order valence-corrected chi connectivity index (χ2v) is 6.14. The zero-order valence-corrected chi connectivity index (χ0v) is 12.3. The van der Waals surface area contributed by atoms with Crippen molar-refractivity contribution in [2.45, 2.75) is 12.8 Å². The summed E-state index contributed by atoms with van der Waals surface area (Å²) >= 11 is 0. The molecule has 4 heterocycles. The lowest BCUT2D eigenvalue weighted by Gasteiger charge is -2.25.